The molecule has 1 heterocycles. The van der Waals surface area contributed by atoms with Gasteiger partial charge in [0.2, 0.25) is 0 Å². The Morgan fingerprint density at radius 2 is 2.32 bits per heavy atom. The van der Waals surface area contributed by atoms with Gasteiger partial charge in [-0.2, -0.15) is 0 Å². The summed E-state index contributed by atoms with van der Waals surface area (Å²) in [6.07, 6.45) is 3.22. The van der Waals surface area contributed by atoms with Crippen LogP contribution < -0.4 is 5.32 Å². The number of nitrogens with one attached hydrogen (secondary N) is 2. The zero-order valence-electron chi connectivity index (χ0n) is 9.59. The summed E-state index contributed by atoms with van der Waals surface area (Å²) in [5.41, 5.74) is 0.0760. The molecule has 0 aliphatic rings. The Balaban J connectivity index is 2.11. The molecule has 8 heteroatoms. The molecule has 0 fully saturated rings. The predicted octanol–water partition coefficient (Wildman–Crippen LogP) is 2.01. The minimum atomic E-state index is -0.548. The number of carbonyl (C=O) groups is 1. The van der Waals surface area contributed by atoms with Crippen molar-refractivity contribution in [3.05, 3.63) is 56.6 Å². The van der Waals surface area contributed by atoms with Crippen LogP contribution in [-0.2, 0) is 6.54 Å². The van der Waals surface area contributed by atoms with Crippen LogP contribution in [0.25, 0.3) is 0 Å². The number of hydrogen-bond donors (Lipinski definition) is 2. The normalized spacial score (nSPS) is 10.2. The molecule has 1 aromatic carbocycles. The Bertz CT molecular complexity index is 612. The molecule has 0 aliphatic heterocycles. The fourth-order valence-corrected chi connectivity index (χ4v) is 1.85. The van der Waals surface area contributed by atoms with E-state index in [0.717, 1.165) is 0 Å². The lowest BCUT2D eigenvalue weighted by atomic mass is 10.2. The van der Waals surface area contributed by atoms with Crippen LogP contribution in [-0.4, -0.2) is 20.8 Å². The molecule has 1 aromatic heterocycles. The summed E-state index contributed by atoms with van der Waals surface area (Å²) < 4.78 is 0.333. The van der Waals surface area contributed by atoms with Gasteiger partial charge in [0.25, 0.3) is 11.6 Å². The molecule has 0 radical (unpaired) electrons. The van der Waals surface area contributed by atoms with Crippen molar-refractivity contribution in [2.45, 2.75) is 6.54 Å². The molecule has 1 amide bonds. The maximum absolute atomic E-state index is 11.8. The minimum Gasteiger partial charge on any atom is -0.347 e. The highest BCUT2D eigenvalue weighted by molar-refractivity contribution is 9.10. The van der Waals surface area contributed by atoms with E-state index in [-0.39, 0.29) is 17.8 Å². The molecule has 0 bridgehead atoms. The Hall–Kier alpha value is -2.22. The molecule has 19 heavy (non-hydrogen) atoms. The minimum absolute atomic E-state index is 0.148. The molecule has 2 rings (SSSR count). The number of hydrogen-bond acceptors (Lipinski definition) is 4. The number of rotatable bonds is 4. The number of nitro benzene ring substituents is 1. The molecule has 0 unspecified atom stereocenters. The second-order valence-electron chi connectivity index (χ2n) is 3.64. The van der Waals surface area contributed by atoms with Crippen LogP contribution in [0.5, 0.6) is 0 Å². The third-order valence-corrected chi connectivity index (χ3v) is 3.05. The van der Waals surface area contributed by atoms with Crippen LogP contribution in [0, 0.1) is 10.1 Å². The van der Waals surface area contributed by atoms with E-state index in [1.807, 2.05) is 0 Å². The average molecular weight is 325 g/mol. The second-order valence-corrected chi connectivity index (χ2v) is 4.50. The van der Waals surface area contributed by atoms with E-state index in [1.54, 1.807) is 12.4 Å². The first kappa shape index (κ1) is 13.2. The van der Waals surface area contributed by atoms with E-state index >= 15 is 0 Å². The summed E-state index contributed by atoms with van der Waals surface area (Å²) in [4.78, 5) is 28.9. The van der Waals surface area contributed by atoms with Gasteiger partial charge in [0, 0.05) is 24.0 Å². The molecule has 0 saturated heterocycles. The highest BCUT2D eigenvalue weighted by atomic mass is 79.9. The monoisotopic (exact) mass is 324 g/mol. The number of imidazole rings is 1. The molecular formula is C11H9BrN4O3. The topological polar surface area (TPSA) is 101 Å². The van der Waals surface area contributed by atoms with Crippen molar-refractivity contribution in [1.29, 1.82) is 0 Å². The van der Waals surface area contributed by atoms with Gasteiger partial charge in [0.1, 0.15) is 5.82 Å². The predicted molar refractivity (Wildman–Crippen MR) is 70.6 cm³/mol. The van der Waals surface area contributed by atoms with E-state index in [9.17, 15) is 14.9 Å². The van der Waals surface area contributed by atoms with Crippen molar-refractivity contribution >= 4 is 27.5 Å². The first-order valence-electron chi connectivity index (χ1n) is 5.28. The number of carbonyl (C=O) groups excluding carboxylic acids is 1. The number of nitrogens with zero attached hydrogens (tertiary/aromatic N) is 2. The van der Waals surface area contributed by atoms with Crippen LogP contribution in [0.2, 0.25) is 0 Å². The maximum Gasteiger partial charge on any atom is 0.284 e. The summed E-state index contributed by atoms with van der Waals surface area (Å²) in [7, 11) is 0. The third-order valence-electron chi connectivity index (χ3n) is 2.38. The molecular weight excluding hydrogens is 316 g/mol. The molecule has 0 spiro atoms. The molecule has 0 atom stereocenters. The van der Waals surface area contributed by atoms with Crippen molar-refractivity contribution in [3.63, 3.8) is 0 Å². The lowest BCUT2D eigenvalue weighted by molar-refractivity contribution is -0.385. The van der Waals surface area contributed by atoms with Gasteiger partial charge in [-0.25, -0.2) is 4.98 Å². The van der Waals surface area contributed by atoms with Crippen molar-refractivity contribution in [2.75, 3.05) is 0 Å². The van der Waals surface area contributed by atoms with Gasteiger partial charge in [-0.05, 0) is 28.1 Å². The van der Waals surface area contributed by atoms with Gasteiger partial charge < -0.3 is 10.3 Å². The van der Waals surface area contributed by atoms with E-state index in [1.165, 1.54) is 18.2 Å². The quantitative estimate of drug-likeness (QED) is 0.663. The van der Waals surface area contributed by atoms with Gasteiger partial charge in [-0.3, -0.25) is 14.9 Å². The average Bonchev–Trinajstić information content (AvgIpc) is 2.89. The van der Waals surface area contributed by atoms with Crippen molar-refractivity contribution in [3.8, 4) is 0 Å². The fraction of sp³-hybridized carbons (Fsp3) is 0.0909. The van der Waals surface area contributed by atoms with Gasteiger partial charge in [-0.1, -0.05) is 0 Å². The van der Waals surface area contributed by atoms with Crippen LogP contribution in [0.1, 0.15) is 16.2 Å². The number of aromatic amines is 1. The third kappa shape index (κ3) is 3.16. The molecule has 0 aliphatic carbocycles. The lowest BCUT2D eigenvalue weighted by Crippen LogP contribution is -2.23. The Labute approximate surface area is 116 Å². The summed E-state index contributed by atoms with van der Waals surface area (Å²) in [5, 5.41) is 13.4. The summed E-state index contributed by atoms with van der Waals surface area (Å²) in [5.74, 6) is 0.215. The number of amides is 1. The first-order valence-corrected chi connectivity index (χ1v) is 6.07. The Morgan fingerprint density at radius 3 is 2.95 bits per heavy atom. The van der Waals surface area contributed by atoms with E-state index in [2.05, 4.69) is 31.2 Å². The molecule has 2 N–H and O–H groups in total. The number of nitro groups is 1. The number of aromatic nitrogens is 2. The Morgan fingerprint density at radius 1 is 1.53 bits per heavy atom. The van der Waals surface area contributed by atoms with Crippen LogP contribution >= 0.6 is 15.9 Å². The van der Waals surface area contributed by atoms with Crippen molar-refractivity contribution < 1.29 is 9.72 Å². The second kappa shape index (κ2) is 5.61. The summed E-state index contributed by atoms with van der Waals surface area (Å²) >= 11 is 3.06. The zero-order chi connectivity index (χ0) is 13.8. The Kier molecular flexibility index (Phi) is 3.91. The largest absolute Gasteiger partial charge is 0.347 e. The fourth-order valence-electron chi connectivity index (χ4n) is 1.45. The molecule has 7 nitrogen and oxygen atoms in total. The van der Waals surface area contributed by atoms with Gasteiger partial charge >= 0.3 is 0 Å². The smallest absolute Gasteiger partial charge is 0.284 e. The molecule has 0 saturated carbocycles. The lowest BCUT2D eigenvalue weighted by Gasteiger charge is -2.04. The van der Waals surface area contributed by atoms with Crippen LogP contribution in [0.15, 0.2) is 35.1 Å². The van der Waals surface area contributed by atoms with Crippen LogP contribution in [0.3, 0.4) is 0 Å². The number of halogens is 1. The van der Waals surface area contributed by atoms with Gasteiger partial charge in [0.05, 0.1) is 15.9 Å². The van der Waals surface area contributed by atoms with E-state index < -0.39 is 10.8 Å². The molecule has 2 aromatic rings. The van der Waals surface area contributed by atoms with E-state index in [4.69, 9.17) is 0 Å². The standard InChI is InChI=1S/C11H9BrN4O3/c12-8-2-1-7(5-9(8)16(18)19)11(17)15-6-10-13-3-4-14-10/h1-5H,6H2,(H,13,14)(H,15,17). The molecule has 98 valence electrons. The number of benzene rings is 1. The van der Waals surface area contributed by atoms with Gasteiger partial charge in [0.15, 0.2) is 0 Å². The zero-order valence-corrected chi connectivity index (χ0v) is 11.2. The first-order chi connectivity index (χ1) is 9.08. The SMILES string of the molecule is O=C(NCc1ncc[nH]1)c1ccc(Br)c([N+](=O)[O-])c1. The summed E-state index contributed by atoms with van der Waals surface area (Å²) in [6.45, 7) is 0.232. The van der Waals surface area contributed by atoms with Crippen molar-refractivity contribution in [2.24, 2.45) is 0 Å². The highest BCUT2D eigenvalue weighted by Crippen LogP contribution is 2.25. The van der Waals surface area contributed by atoms with E-state index in [0.29, 0.717) is 10.3 Å². The highest BCUT2D eigenvalue weighted by Gasteiger charge is 2.15. The number of H-pyrrole nitrogens is 1. The van der Waals surface area contributed by atoms with Crippen LogP contribution in [0.4, 0.5) is 5.69 Å². The summed E-state index contributed by atoms with van der Waals surface area (Å²) in [6, 6.07) is 4.20. The van der Waals surface area contributed by atoms with Crippen molar-refractivity contribution in [1.82, 2.24) is 15.3 Å². The maximum atomic E-state index is 11.8. The van der Waals surface area contributed by atoms with Gasteiger partial charge in [-0.15, -0.1) is 0 Å².